The van der Waals surface area contributed by atoms with Crippen LogP contribution in [-0.2, 0) is 11.3 Å². The molecule has 0 N–H and O–H groups in total. The summed E-state index contributed by atoms with van der Waals surface area (Å²) >= 11 is 6.00. The van der Waals surface area contributed by atoms with Gasteiger partial charge in [0.1, 0.15) is 5.82 Å². The molecule has 0 aromatic heterocycles. The van der Waals surface area contributed by atoms with E-state index >= 15 is 0 Å². The molecule has 1 fully saturated rings. The van der Waals surface area contributed by atoms with Gasteiger partial charge in [0.25, 0.3) is 0 Å². The number of hydrogen-bond acceptors (Lipinski definition) is 3. The average Bonchev–Trinajstić information content (AvgIpc) is 2.43. The second-order valence-corrected chi connectivity index (χ2v) is 4.84. The lowest BCUT2D eigenvalue weighted by molar-refractivity contribution is 0.0885. The van der Waals surface area contributed by atoms with Gasteiger partial charge in [0, 0.05) is 43.3 Å². The Bertz CT molecular complexity index is 442. The fourth-order valence-electron chi connectivity index (χ4n) is 2.12. The highest BCUT2D eigenvalue weighted by molar-refractivity contribution is 6.31. The van der Waals surface area contributed by atoms with Crippen LogP contribution in [0.15, 0.2) is 18.2 Å². The number of methoxy groups -OCH3 is 1. The first-order valence-corrected chi connectivity index (χ1v) is 6.47. The molecule has 0 bridgehead atoms. The van der Waals surface area contributed by atoms with Crippen LogP contribution < -0.4 is 0 Å². The van der Waals surface area contributed by atoms with Crippen LogP contribution >= 0.6 is 11.6 Å². The van der Waals surface area contributed by atoms with E-state index in [0.29, 0.717) is 43.3 Å². The van der Waals surface area contributed by atoms with Gasteiger partial charge in [0.15, 0.2) is 0 Å². The van der Waals surface area contributed by atoms with Crippen molar-refractivity contribution in [3.05, 3.63) is 34.6 Å². The van der Waals surface area contributed by atoms with Crippen molar-refractivity contribution in [3.8, 4) is 0 Å². The van der Waals surface area contributed by atoms with Crippen molar-refractivity contribution in [1.82, 2.24) is 9.80 Å². The molecule has 1 amide bonds. The lowest BCUT2D eigenvalue weighted by atomic mass is 10.2. The van der Waals surface area contributed by atoms with Gasteiger partial charge in [0.2, 0.25) is 0 Å². The summed E-state index contributed by atoms with van der Waals surface area (Å²) < 4.78 is 18.3. The van der Waals surface area contributed by atoms with Gasteiger partial charge in [0.05, 0.1) is 7.11 Å². The predicted molar refractivity (Wildman–Crippen MR) is 70.7 cm³/mol. The molecule has 1 heterocycles. The Morgan fingerprint density at radius 3 is 2.63 bits per heavy atom. The van der Waals surface area contributed by atoms with Crippen molar-refractivity contribution in [2.75, 3.05) is 33.3 Å². The Morgan fingerprint density at radius 2 is 2.05 bits per heavy atom. The second kappa shape index (κ2) is 6.21. The molecular weight excluding hydrogens is 271 g/mol. The van der Waals surface area contributed by atoms with Crippen LogP contribution in [-0.4, -0.2) is 49.2 Å². The molecule has 0 aliphatic carbocycles. The molecule has 4 nitrogen and oxygen atoms in total. The van der Waals surface area contributed by atoms with E-state index in [2.05, 4.69) is 9.64 Å². The minimum atomic E-state index is -0.316. The third-order valence-electron chi connectivity index (χ3n) is 3.25. The number of halogens is 2. The van der Waals surface area contributed by atoms with Gasteiger partial charge < -0.3 is 9.64 Å². The molecule has 2 rings (SSSR count). The van der Waals surface area contributed by atoms with Gasteiger partial charge in [-0.05, 0) is 12.1 Å². The normalized spacial score (nSPS) is 16.5. The molecule has 0 saturated carbocycles. The maximum Gasteiger partial charge on any atom is 0.409 e. The molecule has 1 saturated heterocycles. The van der Waals surface area contributed by atoms with Crippen LogP contribution in [0.5, 0.6) is 0 Å². The standard InChI is InChI=1S/C13H16ClFN2O2/c1-19-13(18)17-7-5-16(6-8-17)9-10-11(14)3-2-4-12(10)15/h2-4H,5-9H2,1H3. The Balaban J connectivity index is 1.94. The highest BCUT2D eigenvalue weighted by Crippen LogP contribution is 2.21. The van der Waals surface area contributed by atoms with Gasteiger partial charge in [-0.3, -0.25) is 4.90 Å². The van der Waals surface area contributed by atoms with E-state index in [4.69, 9.17) is 11.6 Å². The van der Waals surface area contributed by atoms with E-state index in [1.807, 2.05) is 0 Å². The predicted octanol–water partition coefficient (Wildman–Crippen LogP) is 2.36. The molecule has 1 aromatic rings. The number of ether oxygens (including phenoxy) is 1. The van der Waals surface area contributed by atoms with E-state index in [-0.39, 0.29) is 11.9 Å². The molecule has 0 spiro atoms. The van der Waals surface area contributed by atoms with Crippen LogP contribution in [0.4, 0.5) is 9.18 Å². The van der Waals surface area contributed by atoms with E-state index < -0.39 is 0 Å². The Labute approximate surface area is 116 Å². The van der Waals surface area contributed by atoms with E-state index in [0.717, 1.165) is 0 Å². The minimum Gasteiger partial charge on any atom is -0.453 e. The number of piperazine rings is 1. The third-order valence-corrected chi connectivity index (χ3v) is 3.60. The first kappa shape index (κ1) is 14.1. The first-order valence-electron chi connectivity index (χ1n) is 6.10. The number of benzene rings is 1. The molecule has 1 aromatic carbocycles. The number of hydrogen-bond donors (Lipinski definition) is 0. The molecule has 104 valence electrons. The highest BCUT2D eigenvalue weighted by atomic mass is 35.5. The van der Waals surface area contributed by atoms with E-state index in [1.54, 1.807) is 17.0 Å². The number of carbonyl (C=O) groups excluding carboxylic acids is 1. The molecule has 0 atom stereocenters. The quantitative estimate of drug-likeness (QED) is 0.837. The van der Waals surface area contributed by atoms with Gasteiger partial charge in [-0.2, -0.15) is 0 Å². The Morgan fingerprint density at radius 1 is 1.37 bits per heavy atom. The number of amides is 1. The maximum atomic E-state index is 13.7. The fourth-order valence-corrected chi connectivity index (χ4v) is 2.35. The number of rotatable bonds is 2. The number of nitrogens with zero attached hydrogens (tertiary/aromatic N) is 2. The summed E-state index contributed by atoms with van der Waals surface area (Å²) in [6, 6.07) is 4.69. The summed E-state index contributed by atoms with van der Waals surface area (Å²) in [5.74, 6) is -0.289. The fraction of sp³-hybridized carbons (Fsp3) is 0.462. The third kappa shape index (κ3) is 3.36. The van der Waals surface area contributed by atoms with Crippen molar-refractivity contribution in [1.29, 1.82) is 0 Å². The largest absolute Gasteiger partial charge is 0.453 e. The Kier molecular flexibility index (Phi) is 4.61. The monoisotopic (exact) mass is 286 g/mol. The van der Waals surface area contributed by atoms with Gasteiger partial charge in [-0.15, -0.1) is 0 Å². The highest BCUT2D eigenvalue weighted by Gasteiger charge is 2.22. The second-order valence-electron chi connectivity index (χ2n) is 4.43. The van der Waals surface area contributed by atoms with Crippen LogP contribution in [0.1, 0.15) is 5.56 Å². The Hall–Kier alpha value is -1.33. The molecule has 6 heteroatoms. The molecule has 1 aliphatic rings. The molecule has 0 radical (unpaired) electrons. The van der Waals surface area contributed by atoms with Crippen LogP contribution in [0.2, 0.25) is 5.02 Å². The average molecular weight is 287 g/mol. The lowest BCUT2D eigenvalue weighted by Gasteiger charge is -2.33. The van der Waals surface area contributed by atoms with E-state index in [9.17, 15) is 9.18 Å². The zero-order valence-corrected chi connectivity index (χ0v) is 11.5. The summed E-state index contributed by atoms with van der Waals surface area (Å²) in [6.45, 7) is 2.98. The summed E-state index contributed by atoms with van der Waals surface area (Å²) in [4.78, 5) is 15.1. The zero-order chi connectivity index (χ0) is 13.8. The van der Waals surface area contributed by atoms with Crippen molar-refractivity contribution < 1.29 is 13.9 Å². The zero-order valence-electron chi connectivity index (χ0n) is 10.7. The summed E-state index contributed by atoms with van der Waals surface area (Å²) in [6.07, 6.45) is -0.316. The lowest BCUT2D eigenvalue weighted by Crippen LogP contribution is -2.48. The first-order chi connectivity index (χ1) is 9.11. The minimum absolute atomic E-state index is 0.289. The number of carbonyl (C=O) groups is 1. The molecular formula is C13H16ClFN2O2. The maximum absolute atomic E-state index is 13.7. The summed E-state index contributed by atoms with van der Waals surface area (Å²) in [7, 11) is 1.37. The van der Waals surface area contributed by atoms with Crippen molar-refractivity contribution in [2.45, 2.75) is 6.54 Å². The van der Waals surface area contributed by atoms with Crippen LogP contribution in [0.3, 0.4) is 0 Å². The van der Waals surface area contributed by atoms with Crippen molar-refractivity contribution in [3.63, 3.8) is 0 Å². The van der Waals surface area contributed by atoms with Crippen LogP contribution in [0, 0.1) is 5.82 Å². The summed E-state index contributed by atoms with van der Waals surface area (Å²) in [5.41, 5.74) is 0.510. The molecule has 19 heavy (non-hydrogen) atoms. The smallest absolute Gasteiger partial charge is 0.409 e. The van der Waals surface area contributed by atoms with Crippen molar-refractivity contribution >= 4 is 17.7 Å². The van der Waals surface area contributed by atoms with Gasteiger partial charge >= 0.3 is 6.09 Å². The molecule has 0 unspecified atom stereocenters. The van der Waals surface area contributed by atoms with Crippen molar-refractivity contribution in [2.24, 2.45) is 0 Å². The SMILES string of the molecule is COC(=O)N1CCN(Cc2c(F)cccc2Cl)CC1. The molecule has 1 aliphatic heterocycles. The van der Waals surface area contributed by atoms with Gasteiger partial charge in [-0.25, -0.2) is 9.18 Å². The summed E-state index contributed by atoms with van der Waals surface area (Å²) in [5, 5.41) is 0.440. The van der Waals surface area contributed by atoms with Crippen LogP contribution in [0.25, 0.3) is 0 Å². The van der Waals surface area contributed by atoms with Gasteiger partial charge in [-0.1, -0.05) is 17.7 Å². The van der Waals surface area contributed by atoms with E-state index in [1.165, 1.54) is 13.2 Å². The topological polar surface area (TPSA) is 32.8 Å².